The SMILES string of the molecule is C=C/C=C\c1oc2ccc(-c3cccc(-c4cccc(-c5ccc6c(c5)C(N)=C(/C=C\Cc5cccc(-c7cccc(C8=Cc9c(oc%10cccnc9%10)CC8)c7)c5)C6)c4)c3)cc2c1C. The van der Waals surface area contributed by atoms with Crippen molar-refractivity contribution in [1.29, 1.82) is 0 Å². The second-order valence-corrected chi connectivity index (χ2v) is 16.9. The van der Waals surface area contributed by atoms with E-state index < -0.39 is 0 Å². The van der Waals surface area contributed by atoms with Crippen LogP contribution in [0.25, 0.3) is 90.0 Å². The fourth-order valence-corrected chi connectivity index (χ4v) is 9.44. The zero-order valence-electron chi connectivity index (χ0n) is 35.8. The standard InChI is InChI=1S/C60H46N2O2/c1-3-4-21-55-38(2)52-35-48(25-27-56(52)63-55)45-18-9-16-43(33-45)42-15-8-17-44(32-42)47-23-24-50-34-51(59(61)53(50)36-47)20-6-12-39-11-5-13-40(30-39)41-14-7-19-46(31-41)49-26-28-57-54(37-49)60-58(64-57)22-10-29-62-60/h3-11,13-25,27,29-33,35-37H,1,12,26,28,34,61H2,2H3/b20-6-,21-4-. The first-order chi connectivity index (χ1) is 31.5. The highest BCUT2D eigenvalue weighted by atomic mass is 16.3. The van der Waals surface area contributed by atoms with Gasteiger partial charge in [0.25, 0.3) is 0 Å². The van der Waals surface area contributed by atoms with Gasteiger partial charge in [0.2, 0.25) is 0 Å². The molecule has 0 fully saturated rings. The van der Waals surface area contributed by atoms with Gasteiger partial charge in [-0.15, -0.1) is 0 Å². The maximum absolute atomic E-state index is 6.90. The number of hydrogen-bond acceptors (Lipinski definition) is 4. The fraction of sp³-hybridized carbons (Fsp3) is 0.0833. The van der Waals surface area contributed by atoms with Gasteiger partial charge in [0.05, 0.1) is 0 Å². The van der Waals surface area contributed by atoms with Crippen molar-refractivity contribution in [3.63, 3.8) is 0 Å². The van der Waals surface area contributed by atoms with Crippen LogP contribution in [0.5, 0.6) is 0 Å². The number of nitrogens with zero attached hydrogens (tertiary/aromatic N) is 1. The quantitative estimate of drug-likeness (QED) is 0.140. The number of nitrogens with two attached hydrogens (primary N) is 1. The summed E-state index contributed by atoms with van der Waals surface area (Å²) in [6.45, 7) is 5.89. The molecule has 64 heavy (non-hydrogen) atoms. The Morgan fingerprint density at radius 2 is 1.30 bits per heavy atom. The van der Waals surface area contributed by atoms with E-state index in [0.29, 0.717) is 0 Å². The van der Waals surface area contributed by atoms with Crippen LogP contribution in [-0.4, -0.2) is 4.98 Å². The van der Waals surface area contributed by atoms with E-state index in [9.17, 15) is 0 Å². The van der Waals surface area contributed by atoms with E-state index in [1.165, 1.54) is 50.1 Å². The highest BCUT2D eigenvalue weighted by molar-refractivity contribution is 5.95. The Labute approximate surface area is 373 Å². The molecule has 3 heterocycles. The minimum absolute atomic E-state index is 0.820. The summed E-state index contributed by atoms with van der Waals surface area (Å²) in [6, 6.07) is 52.4. The molecule has 4 nitrogen and oxygen atoms in total. The van der Waals surface area contributed by atoms with Crippen LogP contribution < -0.4 is 5.73 Å². The monoisotopic (exact) mass is 826 g/mol. The third-order valence-electron chi connectivity index (χ3n) is 12.9. The van der Waals surface area contributed by atoms with Crippen LogP contribution in [-0.2, 0) is 19.3 Å². The number of allylic oxidation sites excluding steroid dienone is 6. The molecular weight excluding hydrogens is 781 g/mol. The van der Waals surface area contributed by atoms with E-state index in [1.54, 1.807) is 6.08 Å². The number of aromatic nitrogens is 1. The lowest BCUT2D eigenvalue weighted by atomic mass is 9.90. The largest absolute Gasteiger partial charge is 0.459 e. The molecule has 0 saturated carbocycles. The number of aryl methyl sites for hydroxylation is 2. The summed E-state index contributed by atoms with van der Waals surface area (Å²) in [6.07, 6.45) is 17.7. The van der Waals surface area contributed by atoms with Crippen LogP contribution in [0.4, 0.5) is 0 Å². The summed E-state index contributed by atoms with van der Waals surface area (Å²) in [5, 5.41) is 1.12. The minimum Gasteiger partial charge on any atom is -0.459 e. The van der Waals surface area contributed by atoms with Crippen LogP contribution in [0.15, 0.2) is 197 Å². The molecule has 0 radical (unpaired) electrons. The predicted octanol–water partition coefficient (Wildman–Crippen LogP) is 15.3. The van der Waals surface area contributed by atoms with Crippen LogP contribution >= 0.6 is 0 Å². The van der Waals surface area contributed by atoms with E-state index in [0.717, 1.165) is 104 Å². The molecule has 6 aromatic carbocycles. The van der Waals surface area contributed by atoms with Gasteiger partial charge in [-0.2, -0.15) is 0 Å². The average molecular weight is 827 g/mol. The van der Waals surface area contributed by atoms with Crippen LogP contribution in [0, 0.1) is 6.92 Å². The smallest absolute Gasteiger partial charge is 0.153 e. The molecule has 0 amide bonds. The molecule has 0 atom stereocenters. The van der Waals surface area contributed by atoms with E-state index >= 15 is 0 Å². The minimum atomic E-state index is 0.820. The highest BCUT2D eigenvalue weighted by Crippen LogP contribution is 2.39. The number of rotatable bonds is 10. The summed E-state index contributed by atoms with van der Waals surface area (Å²) >= 11 is 0. The Morgan fingerprint density at radius 1 is 0.641 bits per heavy atom. The highest BCUT2D eigenvalue weighted by Gasteiger charge is 2.21. The first kappa shape index (κ1) is 38.9. The molecule has 308 valence electrons. The first-order valence-electron chi connectivity index (χ1n) is 22.0. The number of benzene rings is 6. The van der Waals surface area contributed by atoms with Crippen LogP contribution in [0.2, 0.25) is 0 Å². The Hall–Kier alpha value is -7.95. The van der Waals surface area contributed by atoms with Crippen LogP contribution in [0.1, 0.15) is 51.3 Å². The van der Waals surface area contributed by atoms with Gasteiger partial charge in [-0.05, 0) is 153 Å². The number of furan rings is 2. The van der Waals surface area contributed by atoms with Gasteiger partial charge in [0, 0.05) is 46.8 Å². The molecule has 0 saturated heterocycles. The average Bonchev–Trinajstić information content (AvgIpc) is 3.99. The van der Waals surface area contributed by atoms with Gasteiger partial charge < -0.3 is 14.6 Å². The van der Waals surface area contributed by atoms with Gasteiger partial charge in [0.1, 0.15) is 22.6 Å². The lowest BCUT2D eigenvalue weighted by Gasteiger charge is -2.14. The van der Waals surface area contributed by atoms with E-state index in [4.69, 9.17) is 14.6 Å². The molecule has 2 N–H and O–H groups in total. The van der Waals surface area contributed by atoms with Crippen molar-refractivity contribution in [2.45, 2.75) is 32.6 Å². The second-order valence-electron chi connectivity index (χ2n) is 16.9. The maximum atomic E-state index is 6.90. The van der Waals surface area contributed by atoms with Gasteiger partial charge >= 0.3 is 0 Å². The zero-order valence-corrected chi connectivity index (χ0v) is 35.8. The molecule has 0 spiro atoms. The summed E-state index contributed by atoms with van der Waals surface area (Å²) in [7, 11) is 0. The summed E-state index contributed by atoms with van der Waals surface area (Å²) in [5.41, 5.74) is 29.5. The van der Waals surface area contributed by atoms with E-state index in [1.807, 2.05) is 30.5 Å². The zero-order chi connectivity index (χ0) is 43.1. The molecule has 0 aliphatic heterocycles. The van der Waals surface area contributed by atoms with Crippen molar-refractivity contribution in [1.82, 2.24) is 4.98 Å². The molecule has 2 aliphatic carbocycles. The second kappa shape index (κ2) is 16.4. The number of fused-ring (bicyclic) bond motifs is 5. The number of hydrogen-bond donors (Lipinski definition) is 1. The molecule has 9 aromatic rings. The van der Waals surface area contributed by atoms with E-state index in [-0.39, 0.29) is 0 Å². The van der Waals surface area contributed by atoms with Crippen molar-refractivity contribution in [3.05, 3.63) is 233 Å². The van der Waals surface area contributed by atoms with Crippen molar-refractivity contribution in [2.75, 3.05) is 0 Å². The third kappa shape index (κ3) is 7.33. The maximum Gasteiger partial charge on any atom is 0.153 e. The Bertz CT molecular complexity index is 3440. The fourth-order valence-electron chi connectivity index (χ4n) is 9.44. The van der Waals surface area contributed by atoms with Gasteiger partial charge in [-0.1, -0.05) is 128 Å². The number of pyridine rings is 1. The lowest BCUT2D eigenvalue weighted by molar-refractivity contribution is 0.547. The molecule has 2 aliphatic rings. The Kier molecular flexibility index (Phi) is 9.97. The summed E-state index contributed by atoms with van der Waals surface area (Å²) < 4.78 is 12.2. The molecule has 11 rings (SSSR count). The molecule has 3 aromatic heterocycles. The Balaban J connectivity index is 0.791. The van der Waals surface area contributed by atoms with Crippen molar-refractivity contribution in [3.8, 4) is 44.5 Å². The molecule has 4 heteroatoms. The Morgan fingerprint density at radius 3 is 2.05 bits per heavy atom. The third-order valence-corrected chi connectivity index (χ3v) is 12.9. The van der Waals surface area contributed by atoms with Crippen molar-refractivity contribution >= 4 is 45.5 Å². The van der Waals surface area contributed by atoms with E-state index in [2.05, 4.69) is 170 Å². The topological polar surface area (TPSA) is 65.2 Å². The van der Waals surface area contributed by atoms with Crippen LogP contribution in [0.3, 0.4) is 0 Å². The van der Waals surface area contributed by atoms with Gasteiger partial charge in [0.15, 0.2) is 5.58 Å². The predicted molar refractivity (Wildman–Crippen MR) is 266 cm³/mol. The van der Waals surface area contributed by atoms with Gasteiger partial charge in [-0.25, -0.2) is 0 Å². The summed E-state index contributed by atoms with van der Waals surface area (Å²) in [4.78, 5) is 4.61. The molecule has 0 bridgehead atoms. The molecular formula is C60H46N2O2. The first-order valence-corrected chi connectivity index (χ1v) is 22.0. The summed E-state index contributed by atoms with van der Waals surface area (Å²) in [5.74, 6) is 1.89. The normalized spacial score (nSPS) is 13.6. The van der Waals surface area contributed by atoms with Gasteiger partial charge in [-0.3, -0.25) is 4.98 Å². The lowest BCUT2D eigenvalue weighted by Crippen LogP contribution is -1.97. The van der Waals surface area contributed by atoms with Crippen molar-refractivity contribution in [2.24, 2.45) is 5.73 Å². The van der Waals surface area contributed by atoms with Crippen molar-refractivity contribution < 1.29 is 8.83 Å². The molecule has 0 unspecified atom stereocenters.